The number of ether oxygens (including phenoxy) is 1. The molecule has 6 heteroatoms. The molecule has 1 aliphatic heterocycles. The van der Waals surface area contributed by atoms with Crippen LogP contribution in [0.15, 0.2) is 42.5 Å². The molecule has 0 aliphatic carbocycles. The van der Waals surface area contributed by atoms with Crippen molar-refractivity contribution in [3.8, 4) is 5.75 Å². The van der Waals surface area contributed by atoms with Gasteiger partial charge in [0.05, 0.1) is 23.1 Å². The lowest BCUT2D eigenvalue weighted by Gasteiger charge is -2.21. The third kappa shape index (κ3) is 3.22. The molecule has 0 spiro atoms. The second-order valence-corrected chi connectivity index (χ2v) is 6.62. The number of carboxylic acid groups (broad SMARTS) is 1. The van der Waals surface area contributed by atoms with Crippen LogP contribution in [-0.4, -0.2) is 24.7 Å². The number of carboxylic acids is 1. The normalized spacial score (nSPS) is 23.2. The van der Waals surface area contributed by atoms with Crippen LogP contribution in [0.5, 0.6) is 5.75 Å². The number of methoxy groups -OCH3 is 1. The Morgan fingerprint density at radius 3 is 2.38 bits per heavy atom. The molecule has 2 N–H and O–H groups in total. The maximum Gasteiger partial charge on any atom is 0.309 e. The molecule has 1 fully saturated rings. The minimum atomic E-state index is -0.836. The van der Waals surface area contributed by atoms with E-state index in [9.17, 15) is 9.90 Å². The highest BCUT2D eigenvalue weighted by molar-refractivity contribution is 6.42. The molecule has 0 amide bonds. The number of benzene rings is 2. The first-order chi connectivity index (χ1) is 11.5. The van der Waals surface area contributed by atoms with E-state index in [2.05, 4.69) is 5.32 Å². The van der Waals surface area contributed by atoms with Crippen molar-refractivity contribution in [3.63, 3.8) is 0 Å². The van der Waals surface area contributed by atoms with E-state index in [1.54, 1.807) is 19.2 Å². The van der Waals surface area contributed by atoms with Crippen molar-refractivity contribution < 1.29 is 14.6 Å². The van der Waals surface area contributed by atoms with Crippen LogP contribution in [0.1, 0.15) is 23.1 Å². The lowest BCUT2D eigenvalue weighted by molar-refractivity contribution is -0.142. The predicted molar refractivity (Wildman–Crippen MR) is 94.1 cm³/mol. The second-order valence-electron chi connectivity index (χ2n) is 5.80. The lowest BCUT2D eigenvalue weighted by Crippen LogP contribution is -2.25. The van der Waals surface area contributed by atoms with Crippen molar-refractivity contribution in [2.75, 3.05) is 13.7 Å². The quantitative estimate of drug-likeness (QED) is 0.854. The first-order valence-corrected chi connectivity index (χ1v) is 8.32. The highest BCUT2D eigenvalue weighted by atomic mass is 35.5. The van der Waals surface area contributed by atoms with Crippen molar-refractivity contribution >= 4 is 29.2 Å². The molecule has 2 unspecified atom stereocenters. The number of hydrogen-bond donors (Lipinski definition) is 2. The topological polar surface area (TPSA) is 58.6 Å². The van der Waals surface area contributed by atoms with Crippen molar-refractivity contribution in [2.45, 2.75) is 12.0 Å². The summed E-state index contributed by atoms with van der Waals surface area (Å²) in [6.07, 6.45) is 0. The zero-order valence-corrected chi connectivity index (χ0v) is 14.5. The maximum atomic E-state index is 11.9. The van der Waals surface area contributed by atoms with Crippen LogP contribution < -0.4 is 10.1 Å². The van der Waals surface area contributed by atoms with E-state index in [1.807, 2.05) is 30.3 Å². The van der Waals surface area contributed by atoms with Gasteiger partial charge in [0.15, 0.2) is 0 Å². The first kappa shape index (κ1) is 17.1. The Morgan fingerprint density at radius 2 is 1.79 bits per heavy atom. The fraction of sp³-hybridized carbons (Fsp3) is 0.278. The Balaban J connectivity index is 1.92. The molecule has 0 saturated carbocycles. The molecule has 3 rings (SSSR count). The van der Waals surface area contributed by atoms with Crippen molar-refractivity contribution in [2.24, 2.45) is 5.92 Å². The molecule has 1 saturated heterocycles. The average molecular weight is 366 g/mol. The van der Waals surface area contributed by atoms with E-state index >= 15 is 0 Å². The number of hydrogen-bond acceptors (Lipinski definition) is 3. The summed E-state index contributed by atoms with van der Waals surface area (Å²) < 4.78 is 5.16. The van der Waals surface area contributed by atoms with Gasteiger partial charge in [-0.15, -0.1) is 0 Å². The first-order valence-electron chi connectivity index (χ1n) is 7.56. The van der Waals surface area contributed by atoms with Crippen LogP contribution in [0.25, 0.3) is 0 Å². The fourth-order valence-corrected chi connectivity index (χ4v) is 3.57. The summed E-state index contributed by atoms with van der Waals surface area (Å²) in [5.74, 6) is -0.860. The van der Waals surface area contributed by atoms with E-state index in [-0.39, 0.29) is 12.0 Å². The van der Waals surface area contributed by atoms with Crippen LogP contribution in [0, 0.1) is 5.92 Å². The molecule has 24 heavy (non-hydrogen) atoms. The van der Waals surface area contributed by atoms with Gasteiger partial charge < -0.3 is 15.2 Å². The third-order valence-electron chi connectivity index (χ3n) is 4.48. The molecule has 0 radical (unpaired) electrons. The largest absolute Gasteiger partial charge is 0.497 e. The monoisotopic (exact) mass is 365 g/mol. The molecule has 0 bridgehead atoms. The highest BCUT2D eigenvalue weighted by Gasteiger charge is 2.42. The zero-order chi connectivity index (χ0) is 17.3. The molecule has 0 aromatic heterocycles. The Morgan fingerprint density at radius 1 is 1.12 bits per heavy atom. The predicted octanol–water partition coefficient (Wildman–Crippen LogP) is 4.13. The van der Waals surface area contributed by atoms with Crippen molar-refractivity contribution in [1.29, 1.82) is 0 Å². The van der Waals surface area contributed by atoms with E-state index < -0.39 is 11.9 Å². The summed E-state index contributed by atoms with van der Waals surface area (Å²) in [6, 6.07) is 12.5. The Kier molecular flexibility index (Phi) is 4.99. The van der Waals surface area contributed by atoms with E-state index in [4.69, 9.17) is 27.9 Å². The SMILES string of the molecule is COc1ccc(C2NCC(c3ccc(Cl)c(Cl)c3)[C@H]2C(=O)O)cc1. The standard InChI is InChI=1S/C18H17Cl2NO3/c1-24-12-5-2-10(3-6-12)17-16(18(22)23)13(9-21-17)11-4-7-14(19)15(20)8-11/h2-8,13,16-17,21H,9H2,1H3,(H,22,23)/t13?,16-,17?/m1/s1. The average Bonchev–Trinajstić information content (AvgIpc) is 3.02. The van der Waals surface area contributed by atoms with Gasteiger partial charge in [-0.25, -0.2) is 0 Å². The number of carbonyl (C=O) groups is 1. The Hall–Kier alpha value is -1.75. The summed E-state index contributed by atoms with van der Waals surface area (Å²) in [7, 11) is 1.60. The van der Waals surface area contributed by atoms with Gasteiger partial charge in [-0.05, 0) is 35.4 Å². The number of nitrogens with one attached hydrogen (secondary N) is 1. The number of rotatable bonds is 4. The van der Waals surface area contributed by atoms with E-state index in [0.717, 1.165) is 16.9 Å². The fourth-order valence-electron chi connectivity index (χ4n) is 3.26. The Bertz CT molecular complexity index is 748. The number of aliphatic carboxylic acids is 1. The van der Waals surface area contributed by atoms with Crippen LogP contribution in [0.3, 0.4) is 0 Å². The molecular weight excluding hydrogens is 349 g/mol. The van der Waals surface area contributed by atoms with Gasteiger partial charge in [0.2, 0.25) is 0 Å². The molecule has 1 heterocycles. The summed E-state index contributed by atoms with van der Waals surface area (Å²) in [5, 5.41) is 14.0. The van der Waals surface area contributed by atoms with Gasteiger partial charge in [0.25, 0.3) is 0 Å². The molecule has 126 valence electrons. The maximum absolute atomic E-state index is 11.9. The third-order valence-corrected chi connectivity index (χ3v) is 5.22. The Labute approximate surface area is 150 Å². The summed E-state index contributed by atoms with van der Waals surface area (Å²) >= 11 is 12.1. The highest BCUT2D eigenvalue weighted by Crippen LogP contribution is 2.41. The van der Waals surface area contributed by atoms with Crippen LogP contribution in [-0.2, 0) is 4.79 Å². The van der Waals surface area contributed by atoms with Gasteiger partial charge in [-0.1, -0.05) is 41.4 Å². The molecule has 3 atom stereocenters. The number of halogens is 2. The summed E-state index contributed by atoms with van der Waals surface area (Å²) in [5.41, 5.74) is 1.80. The van der Waals surface area contributed by atoms with Gasteiger partial charge in [-0.3, -0.25) is 4.79 Å². The van der Waals surface area contributed by atoms with E-state index in [1.165, 1.54) is 0 Å². The van der Waals surface area contributed by atoms with Crippen LogP contribution in [0.4, 0.5) is 0 Å². The summed E-state index contributed by atoms with van der Waals surface area (Å²) in [6.45, 7) is 0.561. The molecule has 4 nitrogen and oxygen atoms in total. The van der Waals surface area contributed by atoms with Crippen molar-refractivity contribution in [3.05, 3.63) is 63.6 Å². The lowest BCUT2D eigenvalue weighted by atomic mass is 9.83. The van der Waals surface area contributed by atoms with Gasteiger partial charge in [0, 0.05) is 18.5 Å². The van der Waals surface area contributed by atoms with Gasteiger partial charge in [0.1, 0.15) is 5.75 Å². The molecule has 2 aromatic rings. The zero-order valence-electron chi connectivity index (χ0n) is 13.0. The van der Waals surface area contributed by atoms with Gasteiger partial charge >= 0.3 is 5.97 Å². The van der Waals surface area contributed by atoms with Crippen LogP contribution in [0.2, 0.25) is 10.0 Å². The molecule has 2 aromatic carbocycles. The van der Waals surface area contributed by atoms with Crippen molar-refractivity contribution in [1.82, 2.24) is 5.32 Å². The molecule has 1 aliphatic rings. The minimum Gasteiger partial charge on any atom is -0.497 e. The summed E-state index contributed by atoms with van der Waals surface area (Å²) in [4.78, 5) is 11.9. The molecular formula is C18H17Cl2NO3. The second kappa shape index (κ2) is 7.01. The minimum absolute atomic E-state index is 0.177. The smallest absolute Gasteiger partial charge is 0.309 e. The van der Waals surface area contributed by atoms with Gasteiger partial charge in [-0.2, -0.15) is 0 Å². The van der Waals surface area contributed by atoms with Crippen LogP contribution >= 0.6 is 23.2 Å². The van der Waals surface area contributed by atoms with E-state index in [0.29, 0.717) is 16.6 Å².